The minimum Gasteiger partial charge on any atom is -0.199 e. The Morgan fingerprint density at radius 3 is 2.11 bits per heavy atom. The maximum atomic E-state index is 12.7. The Bertz CT molecular complexity index is 1060. The fourth-order valence-corrected chi connectivity index (χ4v) is 4.53. The average Bonchev–Trinajstić information content (AvgIpc) is 3.44. The largest absolute Gasteiger partial charge is 0.281 e. The standard InChI is InChI=1S/C23H21NO2S/c1-18-12-14-21(15-13-18)27(25,26)24-17-23(20-10-6-3-7-11-20)16-22(23)19-8-4-2-5-9-19/h2-15,17,22H,16H2,1H3/b24-17+/t22-,23-/m1/s1. The lowest BCUT2D eigenvalue weighted by molar-refractivity contribution is 0.598. The predicted molar refractivity (Wildman–Crippen MR) is 109 cm³/mol. The van der Waals surface area contributed by atoms with Crippen LogP contribution in [0, 0.1) is 6.92 Å². The summed E-state index contributed by atoms with van der Waals surface area (Å²) in [7, 11) is -3.71. The van der Waals surface area contributed by atoms with Gasteiger partial charge in [-0.2, -0.15) is 12.8 Å². The molecule has 0 aromatic heterocycles. The van der Waals surface area contributed by atoms with Crippen LogP contribution in [-0.2, 0) is 15.4 Å². The van der Waals surface area contributed by atoms with E-state index in [4.69, 9.17) is 0 Å². The first-order valence-corrected chi connectivity index (χ1v) is 10.4. The fourth-order valence-electron chi connectivity index (χ4n) is 3.60. The maximum Gasteiger partial charge on any atom is 0.281 e. The predicted octanol–water partition coefficient (Wildman–Crippen LogP) is 4.88. The third-order valence-corrected chi connectivity index (χ3v) is 6.51. The molecule has 27 heavy (non-hydrogen) atoms. The quantitative estimate of drug-likeness (QED) is 0.597. The van der Waals surface area contributed by atoms with E-state index in [9.17, 15) is 8.42 Å². The van der Waals surface area contributed by atoms with Crippen molar-refractivity contribution in [3.8, 4) is 0 Å². The topological polar surface area (TPSA) is 46.5 Å². The Labute approximate surface area is 160 Å². The molecule has 136 valence electrons. The summed E-state index contributed by atoms with van der Waals surface area (Å²) in [6.45, 7) is 1.93. The van der Waals surface area contributed by atoms with Gasteiger partial charge in [-0.3, -0.25) is 0 Å². The van der Waals surface area contributed by atoms with E-state index in [0.29, 0.717) is 0 Å². The van der Waals surface area contributed by atoms with Gasteiger partial charge in [-0.05, 0) is 42.5 Å². The molecule has 0 spiro atoms. The summed E-state index contributed by atoms with van der Waals surface area (Å²) in [5, 5.41) is 0. The minimum absolute atomic E-state index is 0.226. The highest BCUT2D eigenvalue weighted by atomic mass is 32.2. The molecule has 0 saturated heterocycles. The van der Waals surface area contributed by atoms with E-state index >= 15 is 0 Å². The summed E-state index contributed by atoms with van der Waals surface area (Å²) in [6.07, 6.45) is 2.50. The molecule has 4 heteroatoms. The summed E-state index contributed by atoms with van der Waals surface area (Å²) in [4.78, 5) is 0.226. The van der Waals surface area contributed by atoms with Crippen LogP contribution in [0.15, 0.2) is 94.2 Å². The van der Waals surface area contributed by atoms with Gasteiger partial charge in [-0.15, -0.1) is 0 Å². The lowest BCUT2D eigenvalue weighted by Crippen LogP contribution is -2.13. The third-order valence-electron chi connectivity index (χ3n) is 5.26. The summed E-state index contributed by atoms with van der Waals surface area (Å²) in [5.74, 6) is 0.234. The summed E-state index contributed by atoms with van der Waals surface area (Å²) in [5.41, 5.74) is 2.95. The van der Waals surface area contributed by atoms with E-state index < -0.39 is 10.0 Å². The highest BCUT2D eigenvalue weighted by Gasteiger charge is 2.55. The Hall–Kier alpha value is -2.72. The normalized spacial score (nSPS) is 22.0. The second-order valence-corrected chi connectivity index (χ2v) is 8.73. The van der Waals surface area contributed by atoms with Crippen LogP contribution in [0.1, 0.15) is 29.0 Å². The number of benzene rings is 3. The first-order valence-electron chi connectivity index (χ1n) is 9.00. The van der Waals surface area contributed by atoms with Crippen LogP contribution < -0.4 is 0 Å². The molecule has 3 aromatic rings. The zero-order valence-electron chi connectivity index (χ0n) is 15.1. The van der Waals surface area contributed by atoms with Crippen LogP contribution >= 0.6 is 0 Å². The molecule has 0 unspecified atom stereocenters. The van der Waals surface area contributed by atoms with E-state index in [1.165, 1.54) is 5.56 Å². The monoisotopic (exact) mass is 375 g/mol. The summed E-state index contributed by atoms with van der Waals surface area (Å²) < 4.78 is 29.5. The number of hydrogen-bond donors (Lipinski definition) is 0. The Kier molecular flexibility index (Phi) is 4.44. The van der Waals surface area contributed by atoms with Crippen LogP contribution in [0.3, 0.4) is 0 Å². The van der Waals surface area contributed by atoms with E-state index in [2.05, 4.69) is 16.5 Å². The smallest absolute Gasteiger partial charge is 0.199 e. The van der Waals surface area contributed by atoms with Gasteiger partial charge >= 0.3 is 0 Å². The van der Waals surface area contributed by atoms with Crippen molar-refractivity contribution < 1.29 is 8.42 Å². The molecule has 0 radical (unpaired) electrons. The van der Waals surface area contributed by atoms with Gasteiger partial charge in [0, 0.05) is 11.6 Å². The van der Waals surface area contributed by atoms with Crippen molar-refractivity contribution in [3.63, 3.8) is 0 Å². The zero-order chi connectivity index (χ0) is 18.9. The third kappa shape index (κ3) is 3.45. The molecule has 1 saturated carbocycles. The highest BCUT2D eigenvalue weighted by molar-refractivity contribution is 7.90. The Morgan fingerprint density at radius 1 is 0.889 bits per heavy atom. The van der Waals surface area contributed by atoms with Crippen molar-refractivity contribution in [1.82, 2.24) is 0 Å². The second-order valence-electron chi connectivity index (χ2n) is 7.10. The number of aryl methyl sites for hydroxylation is 1. The van der Waals surface area contributed by atoms with Crippen molar-refractivity contribution in [3.05, 3.63) is 102 Å². The van der Waals surface area contributed by atoms with Crippen LogP contribution in [0.4, 0.5) is 0 Å². The van der Waals surface area contributed by atoms with E-state index in [-0.39, 0.29) is 16.2 Å². The van der Waals surface area contributed by atoms with Crippen molar-refractivity contribution in [2.75, 3.05) is 0 Å². The van der Waals surface area contributed by atoms with Crippen LogP contribution in [0.5, 0.6) is 0 Å². The van der Waals surface area contributed by atoms with Crippen LogP contribution in [0.2, 0.25) is 0 Å². The molecule has 2 atom stereocenters. The molecule has 1 aliphatic carbocycles. The number of nitrogens with zero attached hydrogens (tertiary/aromatic N) is 1. The van der Waals surface area contributed by atoms with Crippen molar-refractivity contribution in [2.45, 2.75) is 29.6 Å². The van der Waals surface area contributed by atoms with Crippen molar-refractivity contribution in [2.24, 2.45) is 4.40 Å². The molecule has 3 aromatic carbocycles. The molecule has 4 rings (SSSR count). The molecule has 3 nitrogen and oxygen atoms in total. The Morgan fingerprint density at radius 2 is 1.48 bits per heavy atom. The first kappa shape index (κ1) is 17.7. The lowest BCUT2D eigenvalue weighted by atomic mass is 9.92. The molecule has 0 aliphatic heterocycles. The summed E-state index contributed by atoms with van der Waals surface area (Å²) >= 11 is 0. The van der Waals surface area contributed by atoms with E-state index in [1.54, 1.807) is 30.5 Å². The van der Waals surface area contributed by atoms with Crippen molar-refractivity contribution in [1.29, 1.82) is 0 Å². The number of sulfonamides is 1. The van der Waals surface area contributed by atoms with E-state index in [0.717, 1.165) is 17.5 Å². The molecule has 1 fully saturated rings. The van der Waals surface area contributed by atoms with Crippen molar-refractivity contribution >= 4 is 16.2 Å². The zero-order valence-corrected chi connectivity index (χ0v) is 15.9. The van der Waals surface area contributed by atoms with Gasteiger partial charge in [-0.25, -0.2) is 0 Å². The SMILES string of the molecule is Cc1ccc(S(=O)(=O)/N=C/[C@@]2(c3ccccc3)C[C@@H]2c2ccccc2)cc1. The maximum absolute atomic E-state index is 12.7. The van der Waals surface area contributed by atoms with Gasteiger partial charge in [0.15, 0.2) is 0 Å². The Balaban J connectivity index is 1.71. The second kappa shape index (κ2) is 6.78. The van der Waals surface area contributed by atoms with Gasteiger partial charge in [-0.1, -0.05) is 78.4 Å². The average molecular weight is 375 g/mol. The minimum atomic E-state index is -3.71. The van der Waals surface area contributed by atoms with Gasteiger partial charge in [0.05, 0.1) is 4.90 Å². The number of rotatable bonds is 5. The van der Waals surface area contributed by atoms with Crippen LogP contribution in [-0.4, -0.2) is 14.6 Å². The lowest BCUT2D eigenvalue weighted by Gasteiger charge is -2.13. The highest BCUT2D eigenvalue weighted by Crippen LogP contribution is 2.59. The molecular formula is C23H21NO2S. The van der Waals surface area contributed by atoms with Gasteiger partial charge in [0.1, 0.15) is 0 Å². The molecule has 0 N–H and O–H groups in total. The van der Waals surface area contributed by atoms with Gasteiger partial charge in [0.2, 0.25) is 0 Å². The van der Waals surface area contributed by atoms with E-state index in [1.807, 2.05) is 55.5 Å². The molecule has 0 heterocycles. The molecule has 0 amide bonds. The van der Waals surface area contributed by atoms with Gasteiger partial charge < -0.3 is 0 Å². The molecule has 0 bridgehead atoms. The molecular weight excluding hydrogens is 354 g/mol. The molecule has 1 aliphatic rings. The van der Waals surface area contributed by atoms with Crippen LogP contribution in [0.25, 0.3) is 0 Å². The fraction of sp³-hybridized carbons (Fsp3) is 0.174. The number of hydrogen-bond acceptors (Lipinski definition) is 2. The summed E-state index contributed by atoms with van der Waals surface area (Å²) in [6, 6.07) is 27.1. The van der Waals surface area contributed by atoms with Gasteiger partial charge in [0.25, 0.3) is 10.0 Å². The first-order chi connectivity index (χ1) is 13.0.